The first-order valence-electron chi connectivity index (χ1n) is 10.5. The molecule has 30 heavy (non-hydrogen) atoms. The van der Waals surface area contributed by atoms with E-state index in [2.05, 4.69) is 24.0 Å². The Kier molecular flexibility index (Phi) is 3.98. The van der Waals surface area contributed by atoms with Gasteiger partial charge in [-0.05, 0) is 49.4 Å². The highest BCUT2D eigenvalue weighted by molar-refractivity contribution is 6.20. The lowest BCUT2D eigenvalue weighted by Crippen LogP contribution is -2.72. The summed E-state index contributed by atoms with van der Waals surface area (Å²) < 4.78 is 0. The van der Waals surface area contributed by atoms with Crippen LogP contribution in [-0.2, 0) is 16.0 Å². The van der Waals surface area contributed by atoms with Crippen molar-refractivity contribution in [2.45, 2.75) is 39.2 Å². The van der Waals surface area contributed by atoms with Crippen LogP contribution in [-0.4, -0.2) is 59.3 Å². The highest BCUT2D eigenvalue weighted by Gasteiger charge is 2.63. The van der Waals surface area contributed by atoms with Crippen LogP contribution >= 0.6 is 0 Å². The SMILES string of the molecule is Cc1ccc2nc3c(cc2c1)CC1(C(=O)N(C)C(=O)N(C)C1=O)[C@@H]1C[C@H](C)CCN31. The highest BCUT2D eigenvalue weighted by Crippen LogP contribution is 2.49. The Morgan fingerprint density at radius 3 is 2.47 bits per heavy atom. The Morgan fingerprint density at radius 1 is 1.07 bits per heavy atom. The van der Waals surface area contributed by atoms with E-state index < -0.39 is 23.3 Å². The Bertz CT molecular complexity index is 1090. The van der Waals surface area contributed by atoms with Crippen LogP contribution in [0.1, 0.15) is 30.9 Å². The summed E-state index contributed by atoms with van der Waals surface area (Å²) in [5.74, 6) is 0.475. The molecule has 156 valence electrons. The molecule has 5 rings (SSSR count). The number of hydrogen-bond acceptors (Lipinski definition) is 5. The fourth-order valence-corrected chi connectivity index (χ4v) is 5.51. The molecule has 1 aromatic carbocycles. The second kappa shape index (κ2) is 6.27. The van der Waals surface area contributed by atoms with Crippen molar-refractivity contribution < 1.29 is 14.4 Å². The normalized spacial score (nSPS) is 25.7. The maximum absolute atomic E-state index is 13.6. The predicted molar refractivity (Wildman–Crippen MR) is 113 cm³/mol. The molecule has 0 saturated carbocycles. The summed E-state index contributed by atoms with van der Waals surface area (Å²) in [5, 5.41) is 1.00. The number of amides is 4. The van der Waals surface area contributed by atoms with Crippen molar-refractivity contribution in [3.8, 4) is 0 Å². The smallest absolute Gasteiger partial charge is 0.332 e. The lowest BCUT2D eigenvalue weighted by Gasteiger charge is -2.55. The molecule has 4 amide bonds. The lowest BCUT2D eigenvalue weighted by molar-refractivity contribution is -0.160. The fraction of sp³-hybridized carbons (Fsp3) is 0.478. The molecule has 0 aliphatic carbocycles. The Hall–Kier alpha value is -2.96. The van der Waals surface area contributed by atoms with Crippen molar-refractivity contribution in [3.63, 3.8) is 0 Å². The maximum atomic E-state index is 13.6. The van der Waals surface area contributed by atoms with E-state index >= 15 is 0 Å². The van der Waals surface area contributed by atoms with E-state index in [1.807, 2.05) is 19.1 Å². The minimum atomic E-state index is -1.29. The van der Waals surface area contributed by atoms with Gasteiger partial charge in [-0.2, -0.15) is 0 Å². The number of aromatic nitrogens is 1. The molecule has 2 saturated heterocycles. The van der Waals surface area contributed by atoms with E-state index in [9.17, 15) is 14.4 Å². The standard InChI is InChI=1S/C23H26N4O3/c1-13-5-6-17-15(9-13)11-16-12-23(20(28)25(3)22(30)26(4)21(23)29)18-10-14(2)7-8-27(18)19(16)24-17/h5-6,9,11,14,18H,7-8,10,12H2,1-4H3/t14-,18+/m1/s1. The Morgan fingerprint density at radius 2 is 1.77 bits per heavy atom. The van der Waals surface area contributed by atoms with Crippen molar-refractivity contribution in [3.05, 3.63) is 35.4 Å². The molecule has 0 N–H and O–H groups in total. The van der Waals surface area contributed by atoms with Gasteiger partial charge in [-0.3, -0.25) is 19.4 Å². The highest BCUT2D eigenvalue weighted by atomic mass is 16.2. The second-order valence-electron chi connectivity index (χ2n) is 9.17. The molecule has 2 aromatic rings. The number of piperidine rings is 1. The molecule has 7 nitrogen and oxygen atoms in total. The first-order valence-corrected chi connectivity index (χ1v) is 10.5. The van der Waals surface area contributed by atoms with Crippen molar-refractivity contribution in [2.24, 2.45) is 11.3 Å². The molecule has 1 aromatic heterocycles. The van der Waals surface area contributed by atoms with Crippen molar-refractivity contribution in [1.29, 1.82) is 0 Å². The molecule has 0 bridgehead atoms. The van der Waals surface area contributed by atoms with E-state index in [1.54, 1.807) is 0 Å². The molecule has 3 aliphatic heterocycles. The number of fused-ring (bicyclic) bond motifs is 5. The summed E-state index contributed by atoms with van der Waals surface area (Å²) in [4.78, 5) is 48.9. The van der Waals surface area contributed by atoms with Gasteiger partial charge in [0, 0.05) is 32.4 Å². The van der Waals surface area contributed by atoms with Crippen LogP contribution in [0.5, 0.6) is 0 Å². The first-order chi connectivity index (χ1) is 14.2. The van der Waals surface area contributed by atoms with Gasteiger partial charge in [0.05, 0.1) is 11.6 Å². The summed E-state index contributed by atoms with van der Waals surface area (Å²) >= 11 is 0. The number of carbonyl (C=O) groups is 3. The number of pyridine rings is 1. The number of rotatable bonds is 0. The third-order valence-corrected chi connectivity index (χ3v) is 7.15. The fourth-order valence-electron chi connectivity index (χ4n) is 5.51. The number of anilines is 1. The molecule has 2 atom stereocenters. The van der Waals surface area contributed by atoms with E-state index in [4.69, 9.17) is 4.98 Å². The van der Waals surface area contributed by atoms with E-state index in [1.165, 1.54) is 14.1 Å². The minimum Gasteiger partial charge on any atom is -0.352 e. The van der Waals surface area contributed by atoms with Gasteiger partial charge in [-0.15, -0.1) is 0 Å². The van der Waals surface area contributed by atoms with Crippen LogP contribution in [0.4, 0.5) is 10.6 Å². The number of aryl methyl sites for hydroxylation is 1. The number of nitrogens with zero attached hydrogens (tertiary/aromatic N) is 4. The lowest BCUT2D eigenvalue weighted by atomic mass is 9.65. The third-order valence-electron chi connectivity index (χ3n) is 7.15. The number of carbonyl (C=O) groups excluding carboxylic acids is 3. The van der Waals surface area contributed by atoms with Gasteiger partial charge in [0.1, 0.15) is 5.82 Å². The monoisotopic (exact) mass is 406 g/mol. The maximum Gasteiger partial charge on any atom is 0.332 e. The summed E-state index contributed by atoms with van der Waals surface area (Å²) in [7, 11) is 2.95. The van der Waals surface area contributed by atoms with Crippen molar-refractivity contribution >= 4 is 34.6 Å². The van der Waals surface area contributed by atoms with Gasteiger partial charge in [0.2, 0.25) is 11.8 Å². The zero-order chi connectivity index (χ0) is 21.4. The molecular weight excluding hydrogens is 380 g/mol. The van der Waals surface area contributed by atoms with Gasteiger partial charge < -0.3 is 4.90 Å². The van der Waals surface area contributed by atoms with Crippen LogP contribution in [0.25, 0.3) is 10.9 Å². The average molecular weight is 406 g/mol. The van der Waals surface area contributed by atoms with Gasteiger partial charge in [-0.1, -0.05) is 18.6 Å². The molecule has 4 heterocycles. The number of barbiturate groups is 1. The quantitative estimate of drug-likeness (QED) is 0.629. The van der Waals surface area contributed by atoms with E-state index in [0.717, 1.165) is 57.0 Å². The topological polar surface area (TPSA) is 73.8 Å². The van der Waals surface area contributed by atoms with Crippen LogP contribution in [0.3, 0.4) is 0 Å². The van der Waals surface area contributed by atoms with Crippen LogP contribution < -0.4 is 4.90 Å². The molecule has 7 heteroatoms. The van der Waals surface area contributed by atoms with E-state index in [-0.39, 0.29) is 12.5 Å². The molecule has 0 radical (unpaired) electrons. The zero-order valence-electron chi connectivity index (χ0n) is 17.8. The summed E-state index contributed by atoms with van der Waals surface area (Å²) in [6.45, 7) is 4.94. The van der Waals surface area contributed by atoms with Gasteiger partial charge in [-0.25, -0.2) is 9.78 Å². The average Bonchev–Trinajstić information content (AvgIpc) is 2.73. The van der Waals surface area contributed by atoms with Crippen LogP contribution in [0.2, 0.25) is 0 Å². The van der Waals surface area contributed by atoms with Crippen LogP contribution in [0.15, 0.2) is 24.3 Å². The summed E-state index contributed by atoms with van der Waals surface area (Å²) in [6, 6.07) is 7.34. The van der Waals surface area contributed by atoms with Gasteiger partial charge in [0.25, 0.3) is 0 Å². The Labute approximate surface area is 175 Å². The third kappa shape index (κ3) is 2.38. The summed E-state index contributed by atoms with van der Waals surface area (Å²) in [6.07, 6.45) is 1.97. The Balaban J connectivity index is 1.75. The molecule has 1 spiro atoms. The predicted octanol–water partition coefficient (Wildman–Crippen LogP) is 2.74. The van der Waals surface area contributed by atoms with Gasteiger partial charge in [0.15, 0.2) is 5.41 Å². The minimum absolute atomic E-state index is 0.271. The van der Waals surface area contributed by atoms with Crippen molar-refractivity contribution in [2.75, 3.05) is 25.5 Å². The number of urea groups is 1. The molecule has 3 aliphatic rings. The molecular formula is C23H26N4O3. The largest absolute Gasteiger partial charge is 0.352 e. The van der Waals surface area contributed by atoms with Crippen LogP contribution in [0, 0.1) is 18.3 Å². The van der Waals surface area contributed by atoms with E-state index in [0.29, 0.717) is 5.92 Å². The number of hydrogen-bond donors (Lipinski definition) is 0. The molecule has 2 fully saturated rings. The second-order valence-corrected chi connectivity index (χ2v) is 9.17. The summed E-state index contributed by atoms with van der Waals surface area (Å²) in [5.41, 5.74) is 1.66. The first kappa shape index (κ1) is 19.0. The van der Waals surface area contributed by atoms with Gasteiger partial charge >= 0.3 is 6.03 Å². The zero-order valence-corrected chi connectivity index (χ0v) is 17.8. The number of benzene rings is 1. The number of imide groups is 2. The van der Waals surface area contributed by atoms with Crippen molar-refractivity contribution in [1.82, 2.24) is 14.8 Å². The molecule has 0 unspecified atom stereocenters.